The lowest BCUT2D eigenvalue weighted by molar-refractivity contribution is -0.154. The highest BCUT2D eigenvalue weighted by Gasteiger charge is 2.15. The summed E-state index contributed by atoms with van der Waals surface area (Å²) in [5.41, 5.74) is 7.16. The molecule has 0 aromatic carbocycles. The van der Waals surface area contributed by atoms with Crippen molar-refractivity contribution < 1.29 is 9.53 Å². The number of aliphatic imine (C=N–C) groups is 1. The van der Waals surface area contributed by atoms with Crippen molar-refractivity contribution in [3.63, 3.8) is 0 Å². The predicted molar refractivity (Wildman–Crippen MR) is 94.4 cm³/mol. The maximum atomic E-state index is 11.6. The molecule has 0 saturated heterocycles. The third kappa shape index (κ3) is 7.23. The van der Waals surface area contributed by atoms with Gasteiger partial charge < -0.3 is 15.8 Å². The van der Waals surface area contributed by atoms with Crippen LogP contribution < -0.4 is 11.1 Å². The molecule has 0 aliphatic carbocycles. The number of thiocarbonyl (C=S) groups is 1. The number of carbonyl (C=O) groups is 1. The SMILES string of the molecule is Cc1cc(C)n(C(N)=NC(=S)NCCCC(=O)OC(C)(C)C)n1. The normalized spacial score (nSPS) is 12.1. The van der Waals surface area contributed by atoms with Crippen molar-refractivity contribution >= 4 is 29.3 Å². The van der Waals surface area contributed by atoms with E-state index < -0.39 is 5.60 Å². The number of ether oxygens (including phenoxy) is 1. The van der Waals surface area contributed by atoms with Gasteiger partial charge in [-0.05, 0) is 59.3 Å². The first kappa shape index (κ1) is 19.1. The largest absolute Gasteiger partial charge is 0.460 e. The highest BCUT2D eigenvalue weighted by atomic mass is 32.1. The van der Waals surface area contributed by atoms with Crippen LogP contribution in [0.5, 0.6) is 0 Å². The molecule has 1 aromatic heterocycles. The summed E-state index contributed by atoms with van der Waals surface area (Å²) in [6.07, 6.45) is 0.925. The summed E-state index contributed by atoms with van der Waals surface area (Å²) in [5, 5.41) is 7.44. The van der Waals surface area contributed by atoms with E-state index in [1.165, 1.54) is 4.68 Å². The van der Waals surface area contributed by atoms with E-state index in [-0.39, 0.29) is 17.0 Å². The fourth-order valence-electron chi connectivity index (χ4n) is 1.87. The molecule has 0 spiro atoms. The van der Waals surface area contributed by atoms with E-state index in [1.54, 1.807) is 0 Å². The Labute approximate surface area is 142 Å². The molecule has 0 saturated carbocycles. The zero-order valence-corrected chi connectivity index (χ0v) is 15.2. The van der Waals surface area contributed by atoms with Crippen molar-refractivity contribution in [2.24, 2.45) is 10.7 Å². The summed E-state index contributed by atoms with van der Waals surface area (Å²) in [7, 11) is 0. The smallest absolute Gasteiger partial charge is 0.306 e. The molecule has 3 N–H and O–H groups in total. The van der Waals surface area contributed by atoms with Gasteiger partial charge in [0.15, 0.2) is 5.11 Å². The molecular formula is C15H25N5O2S. The van der Waals surface area contributed by atoms with Gasteiger partial charge in [0.05, 0.1) is 5.69 Å². The van der Waals surface area contributed by atoms with Crippen LogP contribution >= 0.6 is 12.2 Å². The van der Waals surface area contributed by atoms with Crippen LogP contribution in [0.3, 0.4) is 0 Å². The Morgan fingerprint density at radius 2 is 2.13 bits per heavy atom. The number of aromatic nitrogens is 2. The molecule has 1 rings (SSSR count). The van der Waals surface area contributed by atoms with Crippen molar-refractivity contribution in [3.8, 4) is 0 Å². The lowest BCUT2D eigenvalue weighted by Crippen LogP contribution is -2.30. The lowest BCUT2D eigenvalue weighted by Gasteiger charge is -2.19. The molecule has 0 amide bonds. The Bertz CT molecular complexity index is 601. The standard InChI is InChI=1S/C15H25N5O2S/c1-10-9-11(2)20(19-10)13(16)18-14(23)17-8-6-7-12(21)22-15(3,4)5/h9H,6-8H2,1-5H3,(H3,16,17,18,23). The quantitative estimate of drug-likeness (QED) is 0.285. The first-order chi connectivity index (χ1) is 10.6. The fourth-order valence-corrected chi connectivity index (χ4v) is 2.07. The average Bonchev–Trinajstić information content (AvgIpc) is 2.71. The van der Waals surface area contributed by atoms with Gasteiger partial charge in [-0.1, -0.05) is 0 Å². The van der Waals surface area contributed by atoms with Crippen LogP contribution in [0.1, 0.15) is 45.0 Å². The number of nitrogens with zero attached hydrogens (tertiary/aromatic N) is 3. The summed E-state index contributed by atoms with van der Waals surface area (Å²) in [4.78, 5) is 15.7. The minimum Gasteiger partial charge on any atom is -0.460 e. The van der Waals surface area contributed by atoms with Crippen LogP contribution in [0.15, 0.2) is 11.1 Å². The van der Waals surface area contributed by atoms with Crippen LogP contribution in [0.4, 0.5) is 0 Å². The van der Waals surface area contributed by atoms with Crippen LogP contribution in [-0.4, -0.2) is 39.0 Å². The second-order valence-corrected chi connectivity index (χ2v) is 6.62. The molecule has 23 heavy (non-hydrogen) atoms. The maximum absolute atomic E-state index is 11.6. The van der Waals surface area contributed by atoms with E-state index in [9.17, 15) is 4.79 Å². The summed E-state index contributed by atoms with van der Waals surface area (Å²) in [5.74, 6) is -0.0175. The summed E-state index contributed by atoms with van der Waals surface area (Å²) in [6, 6.07) is 1.90. The van der Waals surface area contributed by atoms with E-state index in [2.05, 4.69) is 15.4 Å². The lowest BCUT2D eigenvalue weighted by atomic mass is 10.2. The predicted octanol–water partition coefficient (Wildman–Crippen LogP) is 1.66. The highest BCUT2D eigenvalue weighted by Crippen LogP contribution is 2.08. The molecule has 128 valence electrons. The van der Waals surface area contributed by atoms with Gasteiger partial charge in [-0.25, -0.2) is 4.68 Å². The van der Waals surface area contributed by atoms with Crippen molar-refractivity contribution in [1.29, 1.82) is 0 Å². The molecule has 1 aromatic rings. The van der Waals surface area contributed by atoms with Gasteiger partial charge in [0.25, 0.3) is 0 Å². The number of carbonyl (C=O) groups excluding carboxylic acids is 1. The molecule has 0 bridgehead atoms. The molecule has 8 heteroatoms. The van der Waals surface area contributed by atoms with Gasteiger partial charge in [-0.15, -0.1) is 0 Å². The van der Waals surface area contributed by atoms with Crippen molar-refractivity contribution in [3.05, 3.63) is 17.5 Å². The molecule has 7 nitrogen and oxygen atoms in total. The Morgan fingerprint density at radius 3 is 2.65 bits per heavy atom. The number of nitrogens with one attached hydrogen (secondary N) is 1. The highest BCUT2D eigenvalue weighted by molar-refractivity contribution is 7.80. The number of hydrogen-bond acceptors (Lipinski definition) is 4. The third-order valence-corrected chi connectivity index (χ3v) is 2.93. The van der Waals surface area contributed by atoms with E-state index >= 15 is 0 Å². The molecular weight excluding hydrogens is 314 g/mol. The third-order valence-electron chi connectivity index (χ3n) is 2.70. The maximum Gasteiger partial charge on any atom is 0.306 e. The number of aryl methyl sites for hydroxylation is 2. The average molecular weight is 339 g/mol. The first-order valence-corrected chi connectivity index (χ1v) is 7.87. The summed E-state index contributed by atoms with van der Waals surface area (Å²) in [6.45, 7) is 9.81. The Morgan fingerprint density at radius 1 is 1.48 bits per heavy atom. The van der Waals surface area contributed by atoms with Gasteiger partial charge in [0.1, 0.15) is 5.60 Å². The molecule has 0 aliphatic heterocycles. The first-order valence-electron chi connectivity index (χ1n) is 7.46. The zero-order chi connectivity index (χ0) is 17.6. The number of rotatable bonds is 4. The second-order valence-electron chi connectivity index (χ2n) is 6.23. The van der Waals surface area contributed by atoms with Gasteiger partial charge >= 0.3 is 5.97 Å². The molecule has 0 fully saturated rings. The van der Waals surface area contributed by atoms with Crippen molar-refractivity contribution in [2.45, 2.75) is 53.1 Å². The Hall–Kier alpha value is -1.96. The van der Waals surface area contributed by atoms with E-state index in [0.29, 0.717) is 19.4 Å². The number of nitrogens with two attached hydrogens (primary N) is 1. The van der Waals surface area contributed by atoms with E-state index in [1.807, 2.05) is 40.7 Å². The van der Waals surface area contributed by atoms with Gasteiger partial charge in [0, 0.05) is 18.7 Å². The minimum atomic E-state index is -0.460. The molecule has 0 radical (unpaired) electrons. The van der Waals surface area contributed by atoms with Crippen LogP contribution in [-0.2, 0) is 9.53 Å². The minimum absolute atomic E-state index is 0.209. The van der Waals surface area contributed by atoms with Crippen LogP contribution in [0, 0.1) is 13.8 Å². The molecule has 1 heterocycles. The molecule has 0 atom stereocenters. The van der Waals surface area contributed by atoms with Crippen LogP contribution in [0.2, 0.25) is 0 Å². The van der Waals surface area contributed by atoms with Crippen LogP contribution in [0.25, 0.3) is 0 Å². The summed E-state index contributed by atoms with van der Waals surface area (Å²) < 4.78 is 6.76. The zero-order valence-electron chi connectivity index (χ0n) is 14.3. The molecule has 0 unspecified atom stereocenters. The Balaban J connectivity index is 2.38. The van der Waals surface area contributed by atoms with Crippen molar-refractivity contribution in [2.75, 3.05) is 6.54 Å². The van der Waals surface area contributed by atoms with Gasteiger partial charge in [0.2, 0.25) is 5.96 Å². The summed E-state index contributed by atoms with van der Waals surface area (Å²) >= 11 is 5.11. The topological polar surface area (TPSA) is 94.5 Å². The van der Waals surface area contributed by atoms with Gasteiger partial charge in [-0.2, -0.15) is 10.1 Å². The fraction of sp³-hybridized carbons (Fsp3) is 0.600. The monoisotopic (exact) mass is 339 g/mol. The number of esters is 1. The second kappa shape index (κ2) is 8.05. The molecule has 0 aliphatic rings. The van der Waals surface area contributed by atoms with Crippen molar-refractivity contribution in [1.82, 2.24) is 15.1 Å². The van der Waals surface area contributed by atoms with E-state index in [0.717, 1.165) is 11.4 Å². The number of hydrogen-bond donors (Lipinski definition) is 2. The van der Waals surface area contributed by atoms with Gasteiger partial charge in [-0.3, -0.25) is 4.79 Å². The Kier molecular flexibility index (Phi) is 6.68. The van der Waals surface area contributed by atoms with E-state index in [4.69, 9.17) is 22.7 Å².